The quantitative estimate of drug-likeness (QED) is 0.209. The van der Waals surface area contributed by atoms with Crippen molar-refractivity contribution in [3.8, 4) is 23.3 Å². The number of methoxy groups -OCH3 is 2. The molecule has 1 aromatic heterocycles. The number of thioether (sulfide) groups is 1. The van der Waals surface area contributed by atoms with Crippen LogP contribution in [0.25, 0.3) is 11.0 Å². The zero-order valence-corrected chi connectivity index (χ0v) is 22.3. The molecular formula is C25H27N5O5S2. The van der Waals surface area contributed by atoms with E-state index in [0.29, 0.717) is 52.3 Å². The van der Waals surface area contributed by atoms with E-state index in [9.17, 15) is 8.42 Å². The molecule has 0 aliphatic heterocycles. The highest BCUT2D eigenvalue weighted by Gasteiger charge is 2.23. The SMILES string of the molecule is C=C(C#N)SC(=C)S(=O)(=O)Nc1nc2ccccc2nc1Nc1cc(OC)cc(OC)c1OCCCC. The predicted octanol–water partition coefficient (Wildman–Crippen LogP) is 5.55. The van der Waals surface area contributed by atoms with E-state index in [1.54, 1.807) is 42.5 Å². The molecule has 12 heteroatoms. The Balaban J connectivity index is 2.11. The predicted molar refractivity (Wildman–Crippen MR) is 147 cm³/mol. The van der Waals surface area contributed by atoms with Gasteiger partial charge in [0.25, 0.3) is 10.0 Å². The first-order chi connectivity index (χ1) is 17.7. The Kier molecular flexibility index (Phi) is 9.21. The number of nitrogens with one attached hydrogen (secondary N) is 2. The molecular weight excluding hydrogens is 514 g/mol. The van der Waals surface area contributed by atoms with Crippen molar-refractivity contribution in [2.24, 2.45) is 0 Å². The summed E-state index contributed by atoms with van der Waals surface area (Å²) in [5, 5.41) is 12.1. The Morgan fingerprint density at radius 2 is 1.78 bits per heavy atom. The van der Waals surface area contributed by atoms with E-state index in [1.165, 1.54) is 14.2 Å². The minimum Gasteiger partial charge on any atom is -0.497 e. The van der Waals surface area contributed by atoms with Gasteiger partial charge in [0.2, 0.25) is 0 Å². The Labute approximate surface area is 220 Å². The van der Waals surface area contributed by atoms with Gasteiger partial charge in [-0.2, -0.15) is 5.26 Å². The van der Waals surface area contributed by atoms with E-state index in [0.717, 1.165) is 12.8 Å². The Hall–Kier alpha value is -3.95. The molecule has 0 saturated carbocycles. The lowest BCUT2D eigenvalue weighted by Crippen LogP contribution is -2.16. The fourth-order valence-corrected chi connectivity index (χ4v) is 4.79. The van der Waals surface area contributed by atoms with Crippen LogP contribution < -0.4 is 24.2 Å². The molecule has 0 atom stereocenters. The molecule has 0 fully saturated rings. The molecule has 3 aromatic rings. The molecule has 0 bridgehead atoms. The van der Waals surface area contributed by atoms with Crippen molar-refractivity contribution in [2.45, 2.75) is 19.8 Å². The van der Waals surface area contributed by atoms with Crippen LogP contribution >= 0.6 is 11.8 Å². The molecule has 0 saturated heterocycles. The van der Waals surface area contributed by atoms with Crippen LogP contribution in [0.4, 0.5) is 17.3 Å². The smallest absolute Gasteiger partial charge is 0.268 e. The summed E-state index contributed by atoms with van der Waals surface area (Å²) in [6, 6.07) is 12.2. The second kappa shape index (κ2) is 12.3. The standard InChI is InChI=1S/C25H27N5O5S2/c1-6-7-12-35-23-21(13-18(33-4)14-22(23)34-5)29-24-25(28-20-11-9-8-10-19(20)27-24)30-37(31,32)17(3)36-16(2)15-26/h8-11,13-14H,2-3,6-7,12H2,1,4-5H3,(H,27,29)(H,28,30). The van der Waals surface area contributed by atoms with Crippen LogP contribution in [0, 0.1) is 11.3 Å². The topological polar surface area (TPSA) is 135 Å². The normalized spacial score (nSPS) is 10.9. The molecule has 2 N–H and O–H groups in total. The number of nitrogens with zero attached hydrogens (tertiary/aromatic N) is 3. The van der Waals surface area contributed by atoms with Crippen LogP contribution in [0.1, 0.15) is 19.8 Å². The minimum atomic E-state index is -4.17. The molecule has 0 amide bonds. The molecule has 3 rings (SSSR count). The lowest BCUT2D eigenvalue weighted by molar-refractivity contribution is 0.288. The highest BCUT2D eigenvalue weighted by molar-refractivity contribution is 8.21. The third kappa shape index (κ3) is 6.84. The summed E-state index contributed by atoms with van der Waals surface area (Å²) in [6.07, 6.45) is 1.76. The number of para-hydroxylation sites is 2. The van der Waals surface area contributed by atoms with Gasteiger partial charge in [0.1, 0.15) is 16.1 Å². The maximum absolute atomic E-state index is 13.0. The fraction of sp³-hybridized carbons (Fsp3) is 0.240. The number of aromatic nitrogens is 2. The number of unbranched alkanes of at least 4 members (excludes halogenated alkanes) is 1. The van der Waals surface area contributed by atoms with Gasteiger partial charge < -0.3 is 19.5 Å². The molecule has 0 aliphatic rings. The number of ether oxygens (including phenoxy) is 3. The number of rotatable bonds is 13. The highest BCUT2D eigenvalue weighted by Crippen LogP contribution is 2.42. The Morgan fingerprint density at radius 1 is 1.11 bits per heavy atom. The van der Waals surface area contributed by atoms with Crippen LogP contribution in [0.3, 0.4) is 0 Å². The van der Waals surface area contributed by atoms with Crippen molar-refractivity contribution in [1.82, 2.24) is 9.97 Å². The van der Waals surface area contributed by atoms with Gasteiger partial charge in [0.05, 0.1) is 42.5 Å². The summed E-state index contributed by atoms with van der Waals surface area (Å²) < 4.78 is 45.0. The molecule has 2 aromatic carbocycles. The maximum atomic E-state index is 13.0. The van der Waals surface area contributed by atoms with Gasteiger partial charge in [-0.25, -0.2) is 18.4 Å². The summed E-state index contributed by atoms with van der Waals surface area (Å²) in [7, 11) is -1.14. The van der Waals surface area contributed by atoms with Crippen LogP contribution in [-0.4, -0.2) is 39.2 Å². The van der Waals surface area contributed by atoms with Crippen molar-refractivity contribution in [3.05, 3.63) is 58.7 Å². The fourth-order valence-electron chi connectivity index (χ4n) is 3.09. The number of nitriles is 1. The number of sulfonamides is 1. The Morgan fingerprint density at radius 3 is 2.38 bits per heavy atom. The highest BCUT2D eigenvalue weighted by atomic mass is 32.3. The van der Waals surface area contributed by atoms with Gasteiger partial charge in [-0.1, -0.05) is 50.4 Å². The molecule has 0 spiro atoms. The first kappa shape index (κ1) is 27.6. The van der Waals surface area contributed by atoms with E-state index in [1.807, 2.05) is 0 Å². The third-order valence-electron chi connectivity index (χ3n) is 4.94. The lowest BCUT2D eigenvalue weighted by Gasteiger charge is -2.19. The average molecular weight is 542 g/mol. The van der Waals surface area contributed by atoms with Crippen LogP contribution in [0.2, 0.25) is 0 Å². The second-order valence-corrected chi connectivity index (χ2v) is 10.7. The van der Waals surface area contributed by atoms with Crippen molar-refractivity contribution in [2.75, 3.05) is 30.9 Å². The van der Waals surface area contributed by atoms with Crippen molar-refractivity contribution >= 4 is 50.1 Å². The van der Waals surface area contributed by atoms with Crippen molar-refractivity contribution in [3.63, 3.8) is 0 Å². The first-order valence-electron chi connectivity index (χ1n) is 11.1. The summed E-state index contributed by atoms with van der Waals surface area (Å²) in [5.41, 5.74) is 1.43. The Bertz CT molecular complexity index is 1470. The molecule has 10 nitrogen and oxygen atoms in total. The van der Waals surface area contributed by atoms with Crippen LogP contribution in [0.15, 0.2) is 58.7 Å². The van der Waals surface area contributed by atoms with Gasteiger partial charge in [0.15, 0.2) is 23.1 Å². The monoisotopic (exact) mass is 541 g/mol. The molecule has 1 heterocycles. The van der Waals surface area contributed by atoms with E-state index in [2.05, 4.69) is 40.1 Å². The van der Waals surface area contributed by atoms with Crippen LogP contribution in [-0.2, 0) is 10.0 Å². The maximum Gasteiger partial charge on any atom is 0.268 e. The van der Waals surface area contributed by atoms with Gasteiger partial charge in [-0.3, -0.25) is 4.72 Å². The lowest BCUT2D eigenvalue weighted by atomic mass is 10.2. The first-order valence-corrected chi connectivity index (χ1v) is 13.4. The van der Waals surface area contributed by atoms with Crippen LogP contribution in [0.5, 0.6) is 17.2 Å². The number of fused-ring (bicyclic) bond motifs is 1. The molecule has 0 aliphatic carbocycles. The van der Waals surface area contributed by atoms with Crippen molar-refractivity contribution < 1.29 is 22.6 Å². The molecule has 37 heavy (non-hydrogen) atoms. The zero-order chi connectivity index (χ0) is 27.0. The third-order valence-corrected chi connectivity index (χ3v) is 7.48. The minimum absolute atomic E-state index is 0.0179. The van der Waals surface area contributed by atoms with E-state index in [4.69, 9.17) is 19.5 Å². The summed E-state index contributed by atoms with van der Waals surface area (Å²) in [5.74, 6) is 1.34. The number of anilines is 3. The van der Waals surface area contributed by atoms with E-state index >= 15 is 0 Å². The molecule has 194 valence electrons. The van der Waals surface area contributed by atoms with E-state index < -0.39 is 10.0 Å². The molecule has 0 unspecified atom stereocenters. The van der Waals surface area contributed by atoms with E-state index in [-0.39, 0.29) is 20.8 Å². The summed E-state index contributed by atoms with van der Waals surface area (Å²) in [6.45, 7) is 9.55. The van der Waals surface area contributed by atoms with Gasteiger partial charge in [-0.05, 0) is 18.6 Å². The van der Waals surface area contributed by atoms with Gasteiger partial charge in [0, 0.05) is 12.1 Å². The number of benzene rings is 2. The number of hydrogen-bond acceptors (Lipinski definition) is 10. The summed E-state index contributed by atoms with van der Waals surface area (Å²) >= 11 is 0.641. The largest absolute Gasteiger partial charge is 0.497 e. The number of hydrogen-bond donors (Lipinski definition) is 2. The average Bonchev–Trinajstić information content (AvgIpc) is 2.89. The summed E-state index contributed by atoms with van der Waals surface area (Å²) in [4.78, 5) is 9.05. The van der Waals surface area contributed by atoms with Crippen molar-refractivity contribution in [1.29, 1.82) is 5.26 Å². The molecule has 0 radical (unpaired) electrons. The number of allylic oxidation sites excluding steroid dienone is 1. The van der Waals surface area contributed by atoms with Gasteiger partial charge in [-0.15, -0.1) is 0 Å². The van der Waals surface area contributed by atoms with Gasteiger partial charge >= 0.3 is 0 Å². The second-order valence-electron chi connectivity index (χ2n) is 7.56. The zero-order valence-electron chi connectivity index (χ0n) is 20.7.